The Morgan fingerprint density at radius 3 is 2.18 bits per heavy atom. The smallest absolute Gasteiger partial charge is 0.387 e. The molecule has 0 saturated carbocycles. The van der Waals surface area contributed by atoms with Crippen molar-refractivity contribution in [2.24, 2.45) is 0 Å². The number of phosphoric acid groups is 2. The van der Waals surface area contributed by atoms with Gasteiger partial charge in [0.15, 0.2) is 29.7 Å². The SMILES string of the molecule is CC(=O)C1=CN([C@H]2OC(COP(=O)(O)OP(=O)(O)OCC3O[C@H](n4cnc5c(N)ncnc54)C(O)C3O)C(O)C2O)C=CC1. The highest BCUT2D eigenvalue weighted by Crippen LogP contribution is 2.60. The van der Waals surface area contributed by atoms with Crippen LogP contribution in [0, 0.1) is 0 Å². The van der Waals surface area contributed by atoms with E-state index in [1.54, 1.807) is 6.08 Å². The van der Waals surface area contributed by atoms with E-state index in [0.29, 0.717) is 12.0 Å². The number of hydrogen-bond acceptors (Lipinski definition) is 17. The number of nitrogen functional groups attached to an aromatic ring is 1. The van der Waals surface area contributed by atoms with Crippen LogP contribution in [0.3, 0.4) is 0 Å². The fraction of sp³-hybridized carbons (Fsp3) is 0.545. The maximum absolute atomic E-state index is 12.4. The third-order valence-electron chi connectivity index (χ3n) is 7.01. The van der Waals surface area contributed by atoms with E-state index in [4.69, 9.17) is 24.3 Å². The Hall–Kier alpha value is -2.68. The van der Waals surface area contributed by atoms with Crippen LogP contribution >= 0.6 is 15.6 Å². The Morgan fingerprint density at radius 1 is 0.977 bits per heavy atom. The molecule has 8 N–H and O–H groups in total. The number of allylic oxidation sites excluding steroid dienone is 2. The zero-order valence-corrected chi connectivity index (χ0v) is 24.6. The minimum atomic E-state index is -5.35. The molecule has 2 aromatic rings. The Morgan fingerprint density at radius 2 is 1.57 bits per heavy atom. The van der Waals surface area contributed by atoms with Gasteiger partial charge in [-0.15, -0.1) is 0 Å². The van der Waals surface area contributed by atoms with Crippen LogP contribution in [0.5, 0.6) is 0 Å². The molecule has 0 aliphatic carbocycles. The van der Waals surface area contributed by atoms with Gasteiger partial charge in [-0.1, -0.05) is 6.08 Å². The molecular formula is C22H30N6O14P2. The van der Waals surface area contributed by atoms with Crippen molar-refractivity contribution in [3.05, 3.63) is 36.7 Å². The molecule has 10 atom stereocenters. The molecule has 0 spiro atoms. The van der Waals surface area contributed by atoms with Crippen LogP contribution in [-0.4, -0.2) is 116 Å². The number of ether oxygens (including phenoxy) is 2. The van der Waals surface area contributed by atoms with Crippen LogP contribution < -0.4 is 5.73 Å². The van der Waals surface area contributed by atoms with Crippen LogP contribution in [0.15, 0.2) is 36.7 Å². The number of phosphoric ester groups is 2. The summed E-state index contributed by atoms with van der Waals surface area (Å²) >= 11 is 0. The van der Waals surface area contributed by atoms with Gasteiger partial charge in [0.05, 0.1) is 19.5 Å². The highest BCUT2D eigenvalue weighted by molar-refractivity contribution is 7.61. The number of hydrogen-bond donors (Lipinski definition) is 7. The lowest BCUT2D eigenvalue weighted by atomic mass is 10.1. The monoisotopic (exact) mass is 664 g/mol. The van der Waals surface area contributed by atoms with Gasteiger partial charge in [-0.05, 0) is 13.3 Å². The van der Waals surface area contributed by atoms with Gasteiger partial charge in [0.25, 0.3) is 0 Å². The van der Waals surface area contributed by atoms with Crippen molar-refractivity contribution in [3.63, 3.8) is 0 Å². The fourth-order valence-electron chi connectivity index (χ4n) is 4.75. The Kier molecular flexibility index (Phi) is 9.37. The Bertz CT molecular complexity index is 1550. The summed E-state index contributed by atoms with van der Waals surface area (Å²) in [7, 11) is -10.7. The van der Waals surface area contributed by atoms with Gasteiger partial charge >= 0.3 is 15.6 Å². The minimum absolute atomic E-state index is 0.0558. The largest absolute Gasteiger partial charge is 0.481 e. The Balaban J connectivity index is 1.15. The predicted molar refractivity (Wildman–Crippen MR) is 143 cm³/mol. The van der Waals surface area contributed by atoms with Crippen molar-refractivity contribution in [2.45, 2.75) is 62.4 Å². The summed E-state index contributed by atoms with van der Waals surface area (Å²) in [6, 6.07) is 0. The first-order chi connectivity index (χ1) is 20.7. The maximum Gasteiger partial charge on any atom is 0.481 e. The number of carbonyl (C=O) groups is 1. The van der Waals surface area contributed by atoms with E-state index >= 15 is 0 Å². The summed E-state index contributed by atoms with van der Waals surface area (Å²) in [6.07, 6.45) is -4.30. The van der Waals surface area contributed by atoms with Gasteiger partial charge in [-0.25, -0.2) is 24.1 Å². The van der Waals surface area contributed by atoms with E-state index in [2.05, 4.69) is 19.3 Å². The molecule has 3 aliphatic rings. The van der Waals surface area contributed by atoms with E-state index in [1.165, 1.54) is 35.1 Å². The van der Waals surface area contributed by atoms with E-state index in [-0.39, 0.29) is 22.8 Å². The summed E-state index contributed by atoms with van der Waals surface area (Å²) in [4.78, 5) is 45.0. The molecule has 2 aromatic heterocycles. The van der Waals surface area contributed by atoms with Crippen LogP contribution in [0.4, 0.5) is 5.82 Å². The third kappa shape index (κ3) is 6.77. The average Bonchev–Trinajstić information content (AvgIpc) is 3.61. The lowest BCUT2D eigenvalue weighted by Gasteiger charge is -2.28. The third-order valence-corrected chi connectivity index (χ3v) is 9.61. The van der Waals surface area contributed by atoms with Gasteiger partial charge in [0.2, 0.25) is 0 Å². The molecule has 2 fully saturated rings. The normalized spacial score (nSPS) is 33.3. The molecule has 5 rings (SSSR count). The number of nitrogens with zero attached hydrogens (tertiary/aromatic N) is 5. The van der Waals surface area contributed by atoms with E-state index in [1.807, 2.05) is 0 Å². The van der Waals surface area contributed by atoms with E-state index in [0.717, 1.165) is 6.33 Å². The number of rotatable bonds is 11. The molecule has 0 radical (unpaired) electrons. The number of anilines is 1. The molecule has 0 bridgehead atoms. The van der Waals surface area contributed by atoms with Crippen LogP contribution in [0.25, 0.3) is 11.2 Å². The number of nitrogens with two attached hydrogens (primary N) is 1. The number of ketones is 1. The molecule has 0 amide bonds. The van der Waals surface area contributed by atoms with Gasteiger partial charge in [0.1, 0.15) is 48.5 Å². The van der Waals surface area contributed by atoms with Crippen molar-refractivity contribution in [2.75, 3.05) is 18.9 Å². The van der Waals surface area contributed by atoms with Crippen LogP contribution in [0.1, 0.15) is 19.6 Å². The lowest BCUT2D eigenvalue weighted by molar-refractivity contribution is -0.114. The summed E-state index contributed by atoms with van der Waals surface area (Å²) < 4.78 is 50.9. The average molecular weight is 664 g/mol. The van der Waals surface area contributed by atoms with Gasteiger partial charge in [-0.2, -0.15) is 4.31 Å². The number of fused-ring (bicyclic) bond motifs is 1. The van der Waals surface area contributed by atoms with Crippen LogP contribution in [-0.2, 0) is 36.8 Å². The van der Waals surface area contributed by atoms with Crippen molar-refractivity contribution in [1.82, 2.24) is 24.4 Å². The molecule has 242 valence electrons. The maximum atomic E-state index is 12.4. The molecule has 8 unspecified atom stereocenters. The lowest BCUT2D eigenvalue weighted by Crippen LogP contribution is -2.40. The second-order valence-corrected chi connectivity index (χ2v) is 13.1. The molecule has 5 heterocycles. The highest BCUT2D eigenvalue weighted by atomic mass is 31.3. The number of aromatic nitrogens is 4. The highest BCUT2D eigenvalue weighted by Gasteiger charge is 2.48. The standard InChI is InChI=1S/C22H30N6O14P2/c1-10(29)11-3-2-4-27(5-11)21-17(32)15(30)12(40-21)6-38-43(34,35)42-44(36,37)39-7-13-16(31)18(33)22(41-13)28-9-26-14-19(23)24-8-25-20(14)28/h2,4-5,8-9,12-13,15-18,21-22,30-33H,3,6-7H2,1H3,(H,34,35)(H,36,37)(H2,23,24,25)/t12?,13?,15?,16?,17?,18?,21-,22-/m0/s1. The summed E-state index contributed by atoms with van der Waals surface area (Å²) in [6.45, 7) is -0.389. The van der Waals surface area contributed by atoms with Gasteiger partial charge in [0, 0.05) is 18.0 Å². The molecular weight excluding hydrogens is 634 g/mol. The Labute approximate surface area is 248 Å². The van der Waals surface area contributed by atoms with Gasteiger partial charge in [-0.3, -0.25) is 18.4 Å². The number of aliphatic hydroxyl groups excluding tert-OH is 4. The minimum Gasteiger partial charge on any atom is -0.387 e. The van der Waals surface area contributed by atoms with Crippen molar-refractivity contribution < 1.29 is 67.0 Å². The zero-order valence-electron chi connectivity index (χ0n) is 22.8. The van der Waals surface area contributed by atoms with Gasteiger partial charge < -0.3 is 50.3 Å². The van der Waals surface area contributed by atoms with E-state index in [9.17, 15) is 44.1 Å². The number of carbonyl (C=O) groups excluding carboxylic acids is 1. The molecule has 44 heavy (non-hydrogen) atoms. The molecule has 0 aromatic carbocycles. The van der Waals surface area contributed by atoms with E-state index < -0.39 is 77.9 Å². The van der Waals surface area contributed by atoms with Crippen molar-refractivity contribution in [1.29, 1.82) is 0 Å². The summed E-state index contributed by atoms with van der Waals surface area (Å²) in [5, 5.41) is 41.7. The second-order valence-electron chi connectivity index (χ2n) is 10.0. The second kappa shape index (κ2) is 12.6. The quantitative estimate of drug-likeness (QED) is 0.133. The topological polar surface area (TPSA) is 292 Å². The first kappa shape index (κ1) is 32.7. The zero-order chi connectivity index (χ0) is 32.0. The first-order valence-electron chi connectivity index (χ1n) is 13.0. The number of aliphatic hydroxyl groups is 4. The summed E-state index contributed by atoms with van der Waals surface area (Å²) in [5.41, 5.74) is 6.54. The molecule has 2 saturated heterocycles. The fourth-order valence-corrected chi connectivity index (χ4v) is 6.84. The summed E-state index contributed by atoms with van der Waals surface area (Å²) in [5.74, 6) is -0.154. The van der Waals surface area contributed by atoms with Crippen molar-refractivity contribution in [3.8, 4) is 0 Å². The number of imidazole rings is 1. The molecule has 20 nitrogen and oxygen atoms in total. The predicted octanol–water partition coefficient (Wildman–Crippen LogP) is -1.58. The van der Waals surface area contributed by atoms with Crippen molar-refractivity contribution >= 4 is 38.4 Å². The molecule has 22 heteroatoms. The first-order valence-corrected chi connectivity index (χ1v) is 15.9. The van der Waals surface area contributed by atoms with Crippen LogP contribution in [0.2, 0.25) is 0 Å². The molecule has 3 aliphatic heterocycles. The number of Topliss-reactive ketones (excluding diaryl/α,β-unsaturated/α-hetero) is 1.